The van der Waals surface area contributed by atoms with Crippen molar-refractivity contribution in [2.75, 3.05) is 0 Å². The maximum Gasteiger partial charge on any atom is 0.278 e. The Morgan fingerprint density at radius 1 is 1.36 bits per heavy atom. The zero-order chi connectivity index (χ0) is 19.6. The van der Waals surface area contributed by atoms with Gasteiger partial charge < -0.3 is 4.52 Å². The minimum atomic E-state index is -0.434. The number of hydrogen-bond donors (Lipinski definition) is 0. The van der Waals surface area contributed by atoms with E-state index in [9.17, 15) is 9.18 Å². The average Bonchev–Trinajstić information content (AvgIpc) is 3.10. The number of para-hydroxylation sites is 1. The van der Waals surface area contributed by atoms with Crippen LogP contribution in [0.1, 0.15) is 51.5 Å². The number of fused-ring (bicyclic) bond motifs is 3. The van der Waals surface area contributed by atoms with E-state index in [1.54, 1.807) is 16.5 Å². The van der Waals surface area contributed by atoms with Gasteiger partial charge in [0.1, 0.15) is 28.9 Å². The van der Waals surface area contributed by atoms with Crippen molar-refractivity contribution in [3.05, 3.63) is 46.6 Å². The summed E-state index contributed by atoms with van der Waals surface area (Å²) in [6.45, 7) is 6.00. The Morgan fingerprint density at radius 3 is 2.86 bits per heavy atom. The highest BCUT2D eigenvalue weighted by atomic mass is 19.1. The summed E-state index contributed by atoms with van der Waals surface area (Å²) in [4.78, 5) is 22.3. The molecule has 0 bridgehead atoms. The average molecular weight is 381 g/mol. The molecule has 0 amide bonds. The fourth-order valence-electron chi connectivity index (χ4n) is 3.80. The first kappa shape index (κ1) is 17.1. The van der Waals surface area contributed by atoms with Crippen molar-refractivity contribution in [1.29, 1.82) is 0 Å². The van der Waals surface area contributed by atoms with Gasteiger partial charge >= 0.3 is 0 Å². The first-order valence-corrected chi connectivity index (χ1v) is 9.55. The van der Waals surface area contributed by atoms with Crippen LogP contribution in [-0.2, 0) is 0 Å². The highest BCUT2D eigenvalue weighted by molar-refractivity contribution is 5.84. The SMILES string of the molecule is CCC(C)n1c(=O)c2c(-c3noc(C4CC4C)n3)ncn2c2cccc(F)c21. The third kappa shape index (κ3) is 2.33. The van der Waals surface area contributed by atoms with Crippen LogP contribution in [0.3, 0.4) is 0 Å². The molecule has 0 spiro atoms. The number of imidazole rings is 1. The van der Waals surface area contributed by atoms with Gasteiger partial charge in [-0.25, -0.2) is 9.37 Å². The number of aromatic nitrogens is 5. The Labute approximate surface area is 159 Å². The summed E-state index contributed by atoms with van der Waals surface area (Å²) in [7, 11) is 0. The lowest BCUT2D eigenvalue weighted by molar-refractivity contribution is 0.376. The molecule has 0 saturated heterocycles. The second-order valence-electron chi connectivity index (χ2n) is 7.63. The van der Waals surface area contributed by atoms with Crippen LogP contribution in [0, 0.1) is 11.7 Å². The predicted molar refractivity (Wildman–Crippen MR) is 102 cm³/mol. The minimum Gasteiger partial charge on any atom is -0.339 e. The first-order valence-electron chi connectivity index (χ1n) is 9.55. The highest BCUT2D eigenvalue weighted by Crippen LogP contribution is 2.46. The smallest absolute Gasteiger partial charge is 0.278 e. The van der Waals surface area contributed by atoms with Gasteiger partial charge in [-0.1, -0.05) is 25.1 Å². The van der Waals surface area contributed by atoms with Crippen LogP contribution in [0.2, 0.25) is 0 Å². The lowest BCUT2D eigenvalue weighted by Crippen LogP contribution is -2.26. The Bertz CT molecular complexity index is 1270. The molecule has 3 heterocycles. The molecule has 0 radical (unpaired) electrons. The fraction of sp³-hybridized carbons (Fsp3) is 0.400. The number of nitrogens with zero attached hydrogens (tertiary/aromatic N) is 5. The van der Waals surface area contributed by atoms with Crippen LogP contribution in [-0.4, -0.2) is 24.1 Å². The maximum absolute atomic E-state index is 14.7. The van der Waals surface area contributed by atoms with Gasteiger partial charge in [-0.15, -0.1) is 0 Å². The largest absolute Gasteiger partial charge is 0.339 e. The van der Waals surface area contributed by atoms with E-state index in [1.807, 2.05) is 13.8 Å². The van der Waals surface area contributed by atoms with Crippen molar-refractivity contribution < 1.29 is 8.91 Å². The molecule has 4 aromatic rings. The molecule has 1 aliphatic rings. The van der Waals surface area contributed by atoms with Crippen molar-refractivity contribution in [2.45, 2.75) is 45.6 Å². The molecule has 7 nitrogen and oxygen atoms in total. The fourth-order valence-corrected chi connectivity index (χ4v) is 3.80. The summed E-state index contributed by atoms with van der Waals surface area (Å²) in [6, 6.07) is 4.60. The van der Waals surface area contributed by atoms with Crippen molar-refractivity contribution in [3.63, 3.8) is 0 Å². The van der Waals surface area contributed by atoms with Gasteiger partial charge in [-0.05, 0) is 37.8 Å². The third-order valence-electron chi connectivity index (χ3n) is 5.77. The van der Waals surface area contributed by atoms with Crippen LogP contribution in [0.4, 0.5) is 4.39 Å². The third-order valence-corrected chi connectivity index (χ3v) is 5.77. The molecule has 1 fully saturated rings. The van der Waals surface area contributed by atoms with Crippen molar-refractivity contribution >= 4 is 16.6 Å². The van der Waals surface area contributed by atoms with E-state index in [2.05, 4.69) is 22.0 Å². The second kappa shape index (κ2) is 5.98. The number of hydrogen-bond acceptors (Lipinski definition) is 5. The quantitative estimate of drug-likeness (QED) is 0.535. The molecule has 3 atom stereocenters. The van der Waals surface area contributed by atoms with E-state index in [1.165, 1.54) is 17.0 Å². The zero-order valence-electron chi connectivity index (χ0n) is 15.9. The van der Waals surface area contributed by atoms with Crippen molar-refractivity contribution in [1.82, 2.24) is 24.1 Å². The summed E-state index contributed by atoms with van der Waals surface area (Å²) >= 11 is 0. The lowest BCUT2D eigenvalue weighted by atomic mass is 10.2. The van der Waals surface area contributed by atoms with Gasteiger partial charge in [-0.2, -0.15) is 4.98 Å². The predicted octanol–water partition coefficient (Wildman–Crippen LogP) is 3.93. The Kier molecular flexibility index (Phi) is 3.65. The number of halogens is 1. The van der Waals surface area contributed by atoms with Gasteiger partial charge in [0, 0.05) is 12.0 Å². The van der Waals surface area contributed by atoms with Crippen molar-refractivity contribution in [2.24, 2.45) is 5.92 Å². The van der Waals surface area contributed by atoms with Gasteiger partial charge in [0.2, 0.25) is 11.7 Å². The van der Waals surface area contributed by atoms with E-state index >= 15 is 0 Å². The van der Waals surface area contributed by atoms with Gasteiger partial charge in [0.05, 0.1) is 5.52 Å². The molecule has 1 aromatic carbocycles. The molecule has 3 aromatic heterocycles. The molecule has 8 heteroatoms. The van der Waals surface area contributed by atoms with Gasteiger partial charge in [0.25, 0.3) is 5.56 Å². The molecule has 0 aliphatic heterocycles. The van der Waals surface area contributed by atoms with E-state index in [4.69, 9.17) is 4.52 Å². The van der Waals surface area contributed by atoms with Crippen LogP contribution in [0.15, 0.2) is 33.8 Å². The van der Waals surface area contributed by atoms with Gasteiger partial charge in [0.15, 0.2) is 0 Å². The molecule has 5 rings (SSSR count). The summed E-state index contributed by atoms with van der Waals surface area (Å²) in [5, 5.41) is 4.05. The Balaban J connectivity index is 1.82. The van der Waals surface area contributed by atoms with Crippen LogP contribution in [0.25, 0.3) is 28.1 Å². The molecule has 1 saturated carbocycles. The molecule has 0 N–H and O–H groups in total. The molecule has 3 unspecified atom stereocenters. The zero-order valence-corrected chi connectivity index (χ0v) is 15.9. The first-order chi connectivity index (χ1) is 13.5. The molecule has 28 heavy (non-hydrogen) atoms. The molecule has 144 valence electrons. The summed E-state index contributed by atoms with van der Waals surface area (Å²) < 4.78 is 23.2. The summed E-state index contributed by atoms with van der Waals surface area (Å²) in [5.41, 5.74) is 1.23. The Hall–Kier alpha value is -3.03. The van der Waals surface area contributed by atoms with E-state index in [0.29, 0.717) is 40.8 Å². The maximum atomic E-state index is 14.7. The second-order valence-corrected chi connectivity index (χ2v) is 7.63. The van der Waals surface area contributed by atoms with E-state index in [0.717, 1.165) is 6.42 Å². The highest BCUT2D eigenvalue weighted by Gasteiger charge is 2.39. The van der Waals surface area contributed by atoms with E-state index < -0.39 is 5.82 Å². The topological polar surface area (TPSA) is 78.2 Å². The van der Waals surface area contributed by atoms with E-state index in [-0.39, 0.29) is 23.0 Å². The Morgan fingerprint density at radius 2 is 2.14 bits per heavy atom. The molecular weight excluding hydrogens is 361 g/mol. The molecule has 1 aliphatic carbocycles. The summed E-state index contributed by atoms with van der Waals surface area (Å²) in [6.07, 6.45) is 3.23. The number of rotatable bonds is 4. The normalized spacial score (nSPS) is 20.1. The molecular formula is C20H20FN5O2. The van der Waals surface area contributed by atoms with Gasteiger partial charge in [-0.3, -0.25) is 13.8 Å². The monoisotopic (exact) mass is 381 g/mol. The van der Waals surface area contributed by atoms with Crippen LogP contribution >= 0.6 is 0 Å². The standard InChI is InChI=1S/C20H20FN5O2/c1-4-11(3)26-16-13(21)6-5-7-14(16)25-9-22-15(17(25)20(26)27)18-23-19(28-24-18)12-8-10(12)2/h5-7,9-12H,4,8H2,1-3H3. The number of benzene rings is 1. The lowest BCUT2D eigenvalue weighted by Gasteiger charge is -2.18. The van der Waals surface area contributed by atoms with Crippen LogP contribution in [0.5, 0.6) is 0 Å². The van der Waals surface area contributed by atoms with Crippen molar-refractivity contribution in [3.8, 4) is 11.5 Å². The van der Waals surface area contributed by atoms with Crippen LogP contribution < -0.4 is 5.56 Å². The summed E-state index contributed by atoms with van der Waals surface area (Å²) in [5.74, 6) is 1.25. The minimum absolute atomic E-state index is 0.173.